The molecule has 238 valence electrons. The average molecular weight is 653 g/mol. The van der Waals surface area contributed by atoms with Gasteiger partial charge in [-0.15, -0.1) is 0 Å². The highest BCUT2D eigenvalue weighted by Crippen LogP contribution is 2.32. The minimum atomic E-state index is -4.34. The average Bonchev–Trinajstić information content (AvgIpc) is 3.20. The molecule has 2 heterocycles. The Bertz CT molecular complexity index is 1670. The highest BCUT2D eigenvalue weighted by molar-refractivity contribution is 7.91. The zero-order valence-corrected chi connectivity index (χ0v) is 25.4. The second kappa shape index (κ2) is 14.0. The Morgan fingerprint density at radius 3 is 2.18 bits per heavy atom. The number of hydrogen-bond acceptors (Lipinski definition) is 11. The Morgan fingerprint density at radius 2 is 1.52 bits per heavy atom. The molecule has 1 unspecified atom stereocenters. The van der Waals surface area contributed by atoms with E-state index in [1.54, 1.807) is 19.1 Å². The van der Waals surface area contributed by atoms with E-state index in [0.29, 0.717) is 10.5 Å². The van der Waals surface area contributed by atoms with Crippen molar-refractivity contribution >= 4 is 43.6 Å². The van der Waals surface area contributed by atoms with Gasteiger partial charge in [0.25, 0.3) is 21.9 Å². The number of piperidine rings is 1. The monoisotopic (exact) mass is 652 g/mol. The van der Waals surface area contributed by atoms with Gasteiger partial charge in [-0.3, -0.25) is 33.9 Å². The number of rotatable bonds is 15. The molecule has 0 radical (unpaired) electrons. The third-order valence-electron chi connectivity index (χ3n) is 7.01. The fourth-order valence-electron chi connectivity index (χ4n) is 4.90. The minimum Gasteiger partial charge on any atom is -0.379 e. The van der Waals surface area contributed by atoms with Crippen LogP contribution in [-0.4, -0.2) is 101 Å². The first-order valence-corrected chi connectivity index (χ1v) is 16.8. The molecule has 2 aromatic rings. The van der Waals surface area contributed by atoms with Gasteiger partial charge < -0.3 is 14.2 Å². The Labute approximate surface area is 254 Å². The third-order valence-corrected chi connectivity index (χ3v) is 9.68. The van der Waals surface area contributed by atoms with E-state index in [9.17, 15) is 40.6 Å². The first-order valence-electron chi connectivity index (χ1n) is 13.7. The number of sulfone groups is 1. The molecule has 14 nitrogen and oxygen atoms in total. The Kier molecular flexibility index (Phi) is 10.6. The van der Waals surface area contributed by atoms with Crippen molar-refractivity contribution in [1.29, 1.82) is 0 Å². The van der Waals surface area contributed by atoms with Crippen LogP contribution < -0.4 is 5.32 Å². The fourth-order valence-corrected chi connectivity index (χ4v) is 6.98. The van der Waals surface area contributed by atoms with Crippen LogP contribution in [-0.2, 0) is 50.2 Å². The molecule has 4 rings (SSSR count). The first-order chi connectivity index (χ1) is 20.8. The number of aryl methyl sites for hydroxylation is 1. The van der Waals surface area contributed by atoms with Gasteiger partial charge >= 0.3 is 0 Å². The Hall–Kier alpha value is -3.54. The van der Waals surface area contributed by atoms with Crippen LogP contribution >= 0.6 is 0 Å². The molecule has 0 aliphatic carbocycles. The standard InChI is InChI=1S/C28H32N2O12S2/c1-18-5-7-22(44(37,38)39)19(17-18)9-10-40-11-12-41-13-14-42-15-16-43(35,36)23-4-2-3-20-25(23)28(34)30(27(20)33)21-6-8-24(31)29-26(21)32/h2-5,7,17,21H,6,8-16H2,1H3,(H,29,31,32)(H,37,38,39). The van der Waals surface area contributed by atoms with Gasteiger partial charge in [-0.2, -0.15) is 8.42 Å². The molecule has 1 atom stereocenters. The zero-order chi connectivity index (χ0) is 32.1. The lowest BCUT2D eigenvalue weighted by atomic mass is 10.0. The second-order valence-corrected chi connectivity index (χ2v) is 13.6. The lowest BCUT2D eigenvalue weighted by Gasteiger charge is -2.27. The summed E-state index contributed by atoms with van der Waals surface area (Å²) in [5.74, 6) is -3.49. The number of amides is 4. The quantitative estimate of drug-likeness (QED) is 0.155. The van der Waals surface area contributed by atoms with Crippen LogP contribution in [0.4, 0.5) is 0 Å². The summed E-state index contributed by atoms with van der Waals surface area (Å²) in [6, 6.07) is 7.27. The lowest BCUT2D eigenvalue weighted by Crippen LogP contribution is -2.54. The predicted octanol–water partition coefficient (Wildman–Crippen LogP) is 0.709. The molecule has 2 aromatic carbocycles. The molecule has 2 N–H and O–H groups in total. The molecule has 44 heavy (non-hydrogen) atoms. The van der Waals surface area contributed by atoms with E-state index >= 15 is 0 Å². The van der Waals surface area contributed by atoms with Crippen molar-refractivity contribution in [1.82, 2.24) is 10.2 Å². The van der Waals surface area contributed by atoms with Gasteiger partial charge in [-0.1, -0.05) is 23.8 Å². The number of hydrogen-bond donors (Lipinski definition) is 2. The number of imide groups is 2. The maximum Gasteiger partial charge on any atom is 0.294 e. The van der Waals surface area contributed by atoms with Crippen LogP contribution in [0.15, 0.2) is 46.2 Å². The van der Waals surface area contributed by atoms with E-state index in [1.807, 2.05) is 0 Å². The van der Waals surface area contributed by atoms with Crippen LogP contribution in [0.5, 0.6) is 0 Å². The van der Waals surface area contributed by atoms with Crippen molar-refractivity contribution < 1.29 is 54.8 Å². The molecule has 1 fully saturated rings. The third kappa shape index (κ3) is 7.75. The van der Waals surface area contributed by atoms with E-state index in [1.165, 1.54) is 24.3 Å². The molecule has 4 amide bonds. The molecule has 0 aromatic heterocycles. The van der Waals surface area contributed by atoms with Crippen molar-refractivity contribution in [3.63, 3.8) is 0 Å². The lowest BCUT2D eigenvalue weighted by molar-refractivity contribution is -0.136. The molecular formula is C28H32N2O12S2. The number of carbonyl (C=O) groups is 4. The summed E-state index contributed by atoms with van der Waals surface area (Å²) in [6.07, 6.45) is 0.163. The Balaban J connectivity index is 1.19. The van der Waals surface area contributed by atoms with Gasteiger partial charge in [-0.05, 0) is 43.5 Å². The summed E-state index contributed by atoms with van der Waals surface area (Å²) in [5, 5.41) is 2.09. The summed E-state index contributed by atoms with van der Waals surface area (Å²) in [6.45, 7) is 2.43. The normalized spacial score (nSPS) is 17.2. The first kappa shape index (κ1) is 33.4. The Morgan fingerprint density at radius 1 is 0.864 bits per heavy atom. The SMILES string of the molecule is Cc1ccc(S(=O)(=O)O)c(CCOCCOCCOCCS(=O)(=O)c2cccc3c2C(=O)N(C2CCC(=O)NC2=O)C3=O)c1. The number of carbonyl (C=O) groups excluding carboxylic acids is 4. The molecule has 16 heteroatoms. The van der Waals surface area contributed by atoms with Crippen LogP contribution in [0.1, 0.15) is 44.7 Å². The number of nitrogens with one attached hydrogen (secondary N) is 1. The zero-order valence-electron chi connectivity index (χ0n) is 23.8. The van der Waals surface area contributed by atoms with Gasteiger partial charge in [0.15, 0.2) is 9.84 Å². The molecule has 0 spiro atoms. The van der Waals surface area contributed by atoms with Crippen molar-refractivity contribution in [2.75, 3.05) is 45.4 Å². The minimum absolute atomic E-state index is 0.0500. The van der Waals surface area contributed by atoms with Crippen molar-refractivity contribution in [2.24, 2.45) is 0 Å². The van der Waals surface area contributed by atoms with Crippen molar-refractivity contribution in [2.45, 2.75) is 42.0 Å². The molecule has 0 saturated carbocycles. The van der Waals surface area contributed by atoms with Crippen molar-refractivity contribution in [3.05, 3.63) is 58.7 Å². The maximum absolute atomic E-state index is 13.2. The predicted molar refractivity (Wildman–Crippen MR) is 152 cm³/mol. The molecule has 0 bridgehead atoms. The highest BCUT2D eigenvalue weighted by Gasteiger charge is 2.46. The van der Waals surface area contributed by atoms with E-state index in [4.69, 9.17) is 14.2 Å². The highest BCUT2D eigenvalue weighted by atomic mass is 32.2. The van der Waals surface area contributed by atoms with Crippen LogP contribution in [0, 0.1) is 6.92 Å². The molecule has 1 saturated heterocycles. The summed E-state index contributed by atoms with van der Waals surface area (Å²) in [4.78, 5) is 50.1. The van der Waals surface area contributed by atoms with Gasteiger partial charge in [0.05, 0.1) is 66.3 Å². The van der Waals surface area contributed by atoms with Crippen LogP contribution in [0.2, 0.25) is 0 Å². The topological polar surface area (TPSA) is 200 Å². The number of ether oxygens (including phenoxy) is 3. The van der Waals surface area contributed by atoms with Crippen LogP contribution in [0.25, 0.3) is 0 Å². The van der Waals surface area contributed by atoms with E-state index in [-0.39, 0.29) is 79.8 Å². The van der Waals surface area contributed by atoms with Gasteiger partial charge in [-0.25, -0.2) is 8.42 Å². The number of benzene rings is 2. The summed E-state index contributed by atoms with van der Waals surface area (Å²) < 4.78 is 74.8. The maximum atomic E-state index is 13.2. The summed E-state index contributed by atoms with van der Waals surface area (Å²) in [7, 11) is -8.40. The van der Waals surface area contributed by atoms with Crippen LogP contribution in [0.3, 0.4) is 0 Å². The van der Waals surface area contributed by atoms with Gasteiger partial charge in [0, 0.05) is 6.42 Å². The molecule has 2 aliphatic heterocycles. The fraction of sp³-hybridized carbons (Fsp3) is 0.429. The summed E-state index contributed by atoms with van der Waals surface area (Å²) >= 11 is 0. The van der Waals surface area contributed by atoms with E-state index in [2.05, 4.69) is 5.32 Å². The largest absolute Gasteiger partial charge is 0.379 e. The smallest absolute Gasteiger partial charge is 0.294 e. The van der Waals surface area contributed by atoms with E-state index < -0.39 is 55.4 Å². The number of nitrogens with zero attached hydrogens (tertiary/aromatic N) is 1. The van der Waals surface area contributed by atoms with E-state index in [0.717, 1.165) is 5.56 Å². The molecular weight excluding hydrogens is 620 g/mol. The number of fused-ring (bicyclic) bond motifs is 1. The summed E-state index contributed by atoms with van der Waals surface area (Å²) in [5.41, 5.74) is 0.855. The molecule has 2 aliphatic rings. The van der Waals surface area contributed by atoms with Gasteiger partial charge in [0.1, 0.15) is 6.04 Å². The van der Waals surface area contributed by atoms with Gasteiger partial charge in [0.2, 0.25) is 11.8 Å². The van der Waals surface area contributed by atoms with Crippen molar-refractivity contribution in [3.8, 4) is 0 Å². The second-order valence-electron chi connectivity index (χ2n) is 10.1.